The second-order valence-corrected chi connectivity index (χ2v) is 6.38. The maximum absolute atomic E-state index is 12.7. The average molecular weight is 312 g/mol. The van der Waals surface area contributed by atoms with Gasteiger partial charge in [0.05, 0.1) is 6.54 Å². The second kappa shape index (κ2) is 5.78. The van der Waals surface area contributed by atoms with Crippen molar-refractivity contribution in [1.82, 2.24) is 14.6 Å². The molecule has 8 nitrogen and oxygen atoms in total. The molecule has 0 radical (unpaired) electrons. The van der Waals surface area contributed by atoms with Gasteiger partial charge >= 0.3 is 0 Å². The molecular weight excluding hydrogens is 296 g/mol. The molecule has 0 saturated carbocycles. The topological polar surface area (TPSA) is 108 Å². The lowest BCUT2D eigenvalue weighted by molar-refractivity contribution is -0.136. The first-order chi connectivity index (χ1) is 9.87. The zero-order valence-corrected chi connectivity index (χ0v) is 12.5. The molecule has 1 aliphatic rings. The summed E-state index contributed by atoms with van der Waals surface area (Å²) in [6.45, 7) is 3.35. The minimum atomic E-state index is -4.00. The minimum absolute atomic E-state index is 0.0544. The fraction of sp³-hybridized carbons (Fsp3) is 0.417. The third-order valence-electron chi connectivity index (χ3n) is 3.08. The van der Waals surface area contributed by atoms with E-state index < -0.39 is 34.4 Å². The van der Waals surface area contributed by atoms with Crippen LogP contribution in [0.25, 0.3) is 0 Å². The van der Waals surface area contributed by atoms with E-state index in [9.17, 15) is 18.0 Å². The number of carbonyl (C=O) groups is 2. The van der Waals surface area contributed by atoms with Crippen molar-refractivity contribution in [3.05, 3.63) is 18.3 Å². The van der Waals surface area contributed by atoms with Crippen LogP contribution in [0.4, 0.5) is 5.82 Å². The van der Waals surface area contributed by atoms with E-state index in [1.165, 1.54) is 25.3 Å². The van der Waals surface area contributed by atoms with E-state index in [2.05, 4.69) is 15.6 Å². The number of nitrogens with one attached hydrogen (secondary N) is 2. The Morgan fingerprint density at radius 2 is 2.19 bits per heavy atom. The number of imide groups is 1. The van der Waals surface area contributed by atoms with Crippen molar-refractivity contribution in [3.63, 3.8) is 0 Å². The first-order valence-corrected chi connectivity index (χ1v) is 7.86. The van der Waals surface area contributed by atoms with E-state index >= 15 is 0 Å². The Bertz CT molecular complexity index is 674. The van der Waals surface area contributed by atoms with Gasteiger partial charge in [-0.15, -0.1) is 0 Å². The highest BCUT2D eigenvalue weighted by Gasteiger charge is 2.40. The van der Waals surface area contributed by atoms with E-state index in [4.69, 9.17) is 0 Å². The molecule has 0 aromatic carbocycles. The van der Waals surface area contributed by atoms with Crippen LogP contribution in [0.5, 0.6) is 0 Å². The molecule has 1 aromatic heterocycles. The van der Waals surface area contributed by atoms with E-state index in [0.29, 0.717) is 6.54 Å². The molecule has 2 amide bonds. The van der Waals surface area contributed by atoms with Crippen LogP contribution in [0, 0.1) is 0 Å². The van der Waals surface area contributed by atoms with E-state index in [1.807, 2.05) is 6.92 Å². The Hall–Kier alpha value is -2.00. The van der Waals surface area contributed by atoms with Crippen molar-refractivity contribution in [3.8, 4) is 0 Å². The van der Waals surface area contributed by atoms with Crippen LogP contribution in [-0.4, -0.2) is 48.7 Å². The van der Waals surface area contributed by atoms with Gasteiger partial charge < -0.3 is 5.32 Å². The van der Waals surface area contributed by atoms with Gasteiger partial charge in [0.1, 0.15) is 16.8 Å². The van der Waals surface area contributed by atoms with Gasteiger partial charge in [-0.1, -0.05) is 0 Å². The number of nitrogens with zero attached hydrogens (tertiary/aromatic N) is 2. The van der Waals surface area contributed by atoms with Gasteiger partial charge in [-0.05, 0) is 26.0 Å². The molecule has 0 aliphatic carbocycles. The molecule has 2 N–H and O–H groups in total. The second-order valence-electron chi connectivity index (χ2n) is 4.52. The molecule has 1 fully saturated rings. The van der Waals surface area contributed by atoms with Crippen LogP contribution in [0.2, 0.25) is 0 Å². The molecular formula is C12H16N4O4S. The number of sulfonamides is 1. The summed E-state index contributed by atoms with van der Waals surface area (Å²) < 4.78 is 26.3. The lowest BCUT2D eigenvalue weighted by Gasteiger charge is -2.31. The van der Waals surface area contributed by atoms with Gasteiger partial charge in [0.25, 0.3) is 0 Å². The van der Waals surface area contributed by atoms with Crippen LogP contribution in [0.1, 0.15) is 13.8 Å². The Kier molecular flexibility index (Phi) is 4.24. The molecule has 1 aliphatic heterocycles. The Morgan fingerprint density at radius 3 is 2.86 bits per heavy atom. The standard InChI is InChI=1S/C12H16N4O4S/c1-3-13-11-9(5-4-6-14-11)21(19,20)16-7-10(17)15-12(18)8(16)2/h4-6,8H,3,7H2,1-2H3,(H,13,14)(H,15,17,18). The smallest absolute Gasteiger partial charge is 0.247 e. The number of hydrogen-bond acceptors (Lipinski definition) is 6. The molecule has 1 atom stereocenters. The van der Waals surface area contributed by atoms with Crippen molar-refractivity contribution in [2.24, 2.45) is 0 Å². The summed E-state index contributed by atoms with van der Waals surface area (Å²) >= 11 is 0. The van der Waals surface area contributed by atoms with Crippen molar-refractivity contribution in [2.45, 2.75) is 24.8 Å². The first kappa shape index (κ1) is 15.4. The highest BCUT2D eigenvalue weighted by Crippen LogP contribution is 2.24. The van der Waals surface area contributed by atoms with Crippen LogP contribution in [0.15, 0.2) is 23.2 Å². The monoisotopic (exact) mass is 312 g/mol. The molecule has 1 saturated heterocycles. The van der Waals surface area contributed by atoms with Gasteiger partial charge in [0.2, 0.25) is 21.8 Å². The third kappa shape index (κ3) is 2.88. The highest BCUT2D eigenvalue weighted by molar-refractivity contribution is 7.89. The normalized spacial score (nSPS) is 20.2. The number of pyridine rings is 1. The molecule has 1 aromatic rings. The van der Waals surface area contributed by atoms with E-state index in [-0.39, 0.29) is 10.7 Å². The van der Waals surface area contributed by atoms with Crippen LogP contribution < -0.4 is 10.6 Å². The Balaban J connectivity index is 2.46. The van der Waals surface area contributed by atoms with Crippen molar-refractivity contribution >= 4 is 27.7 Å². The summed E-state index contributed by atoms with van der Waals surface area (Å²) in [6.07, 6.45) is 1.47. The lowest BCUT2D eigenvalue weighted by Crippen LogP contribution is -2.58. The maximum atomic E-state index is 12.7. The zero-order chi connectivity index (χ0) is 15.6. The summed E-state index contributed by atoms with van der Waals surface area (Å²) in [5.41, 5.74) is 0. The maximum Gasteiger partial charge on any atom is 0.247 e. The van der Waals surface area contributed by atoms with Crippen molar-refractivity contribution in [1.29, 1.82) is 0 Å². The van der Waals surface area contributed by atoms with Gasteiger partial charge in [0, 0.05) is 12.7 Å². The summed E-state index contributed by atoms with van der Waals surface area (Å²) in [5.74, 6) is -1.08. The molecule has 0 spiro atoms. The van der Waals surface area contributed by atoms with Crippen LogP contribution >= 0.6 is 0 Å². The molecule has 114 valence electrons. The quantitative estimate of drug-likeness (QED) is 0.729. The SMILES string of the molecule is CCNc1ncccc1S(=O)(=O)N1CC(=O)NC(=O)C1C. The van der Waals surface area contributed by atoms with E-state index in [1.54, 1.807) is 0 Å². The van der Waals surface area contributed by atoms with Gasteiger partial charge in [-0.3, -0.25) is 14.9 Å². The third-order valence-corrected chi connectivity index (χ3v) is 5.02. The Morgan fingerprint density at radius 1 is 1.48 bits per heavy atom. The first-order valence-electron chi connectivity index (χ1n) is 6.42. The number of piperazine rings is 1. The average Bonchev–Trinajstić information content (AvgIpc) is 2.43. The highest BCUT2D eigenvalue weighted by atomic mass is 32.2. The van der Waals surface area contributed by atoms with Gasteiger partial charge in [-0.25, -0.2) is 13.4 Å². The predicted molar refractivity (Wildman–Crippen MR) is 74.9 cm³/mol. The van der Waals surface area contributed by atoms with Gasteiger partial charge in [0.15, 0.2) is 0 Å². The number of rotatable bonds is 4. The fourth-order valence-electron chi connectivity index (χ4n) is 2.01. The number of aromatic nitrogens is 1. The number of amides is 2. The van der Waals surface area contributed by atoms with E-state index in [0.717, 1.165) is 4.31 Å². The van der Waals surface area contributed by atoms with Crippen molar-refractivity contribution < 1.29 is 18.0 Å². The number of anilines is 1. The zero-order valence-electron chi connectivity index (χ0n) is 11.7. The Labute approximate surface area is 122 Å². The molecule has 21 heavy (non-hydrogen) atoms. The summed E-state index contributed by atoms with van der Waals surface area (Å²) in [5, 5.41) is 4.96. The molecule has 9 heteroatoms. The summed E-state index contributed by atoms with van der Waals surface area (Å²) in [6, 6.07) is 1.93. The van der Waals surface area contributed by atoms with Crippen LogP contribution in [-0.2, 0) is 19.6 Å². The van der Waals surface area contributed by atoms with Crippen molar-refractivity contribution in [2.75, 3.05) is 18.4 Å². The lowest BCUT2D eigenvalue weighted by atomic mass is 10.2. The minimum Gasteiger partial charge on any atom is -0.369 e. The molecule has 2 heterocycles. The summed E-state index contributed by atoms with van der Waals surface area (Å²) in [4.78, 5) is 27.0. The fourth-order valence-corrected chi connectivity index (χ4v) is 3.68. The number of carbonyl (C=O) groups excluding carboxylic acids is 2. The molecule has 2 rings (SSSR count). The van der Waals surface area contributed by atoms with Crippen LogP contribution in [0.3, 0.4) is 0 Å². The largest absolute Gasteiger partial charge is 0.369 e. The predicted octanol–water partition coefficient (Wildman–Crippen LogP) is -0.451. The van der Waals surface area contributed by atoms with Gasteiger partial charge in [-0.2, -0.15) is 4.31 Å². The molecule has 0 bridgehead atoms. The summed E-state index contributed by atoms with van der Waals surface area (Å²) in [7, 11) is -4.00. The number of hydrogen-bond donors (Lipinski definition) is 2. The molecule has 1 unspecified atom stereocenters.